The summed E-state index contributed by atoms with van der Waals surface area (Å²) in [6.07, 6.45) is 0.715. The van der Waals surface area contributed by atoms with Crippen molar-refractivity contribution >= 4 is 44.8 Å². The van der Waals surface area contributed by atoms with Crippen LogP contribution in [-0.4, -0.2) is 61.7 Å². The maximum absolute atomic E-state index is 9.33. The van der Waals surface area contributed by atoms with E-state index in [4.69, 9.17) is 24.2 Å². The molecule has 0 saturated heterocycles. The lowest BCUT2D eigenvalue weighted by Crippen LogP contribution is -2.07. The van der Waals surface area contributed by atoms with E-state index in [1.54, 1.807) is 0 Å². The first-order chi connectivity index (χ1) is 6.29. The van der Waals surface area contributed by atoms with E-state index in [1.165, 1.54) is 0 Å². The number of halogens is 1. The van der Waals surface area contributed by atoms with Gasteiger partial charge in [-0.15, -0.1) is 17.0 Å². The molecule has 10 nitrogen and oxygen atoms in total. The normalized spacial score (nSPS) is 9.69. The molecule has 102 valence electrons. The molecule has 0 radical (unpaired) electrons. The Morgan fingerprint density at radius 2 is 1.06 bits per heavy atom. The molecule has 0 aliphatic rings. The molecular weight excluding hydrogens is 339 g/mol. The molecule has 0 aromatic heterocycles. The van der Waals surface area contributed by atoms with Gasteiger partial charge in [-0.1, -0.05) is 0 Å². The molecule has 0 aliphatic carbocycles. The van der Waals surface area contributed by atoms with Crippen LogP contribution in [0.15, 0.2) is 0 Å². The summed E-state index contributed by atoms with van der Waals surface area (Å²) in [6, 6.07) is 0. The second-order valence-corrected chi connectivity index (χ2v) is 4.33. The lowest BCUT2D eigenvalue weighted by molar-refractivity contribution is 0.278. The fourth-order valence-corrected chi connectivity index (χ4v) is 0. The van der Waals surface area contributed by atoms with Crippen LogP contribution in [0.5, 0.6) is 0 Å². The van der Waals surface area contributed by atoms with E-state index >= 15 is 0 Å². The minimum Gasteiger partial charge on any atom is -0.402 e. The van der Waals surface area contributed by atoms with Gasteiger partial charge in [0, 0.05) is 0 Å². The zero-order chi connectivity index (χ0) is 13.3. The predicted octanol–water partition coefficient (Wildman–Crippen LogP) is -2.53. The molecule has 0 heterocycles. The molecule has 5 N–H and O–H groups in total. The minimum atomic E-state index is -4.16. The number of hydrogen-bond donors (Lipinski definition) is 5. The van der Waals surface area contributed by atoms with Crippen LogP contribution in [-0.2, 0) is 24.7 Å². The lowest BCUT2D eigenvalue weighted by atomic mass is 10.3. The Bertz CT molecular complexity index is 308. The van der Waals surface area contributed by atoms with Crippen molar-refractivity contribution in [3.63, 3.8) is 0 Å². The molecular formula is C2H12BBrO10S2. The molecule has 0 aromatic carbocycles. The fraction of sp³-hybridized carbons (Fsp3) is 1.00. The van der Waals surface area contributed by atoms with Crippen LogP contribution in [0.25, 0.3) is 0 Å². The zero-order valence-corrected chi connectivity index (χ0v) is 11.4. The first-order valence-electron chi connectivity index (χ1n) is 2.79. The van der Waals surface area contributed by atoms with Crippen LogP contribution in [0.3, 0.4) is 0 Å². The highest BCUT2D eigenvalue weighted by molar-refractivity contribution is 8.93. The largest absolute Gasteiger partial charge is 0.631 e. The van der Waals surface area contributed by atoms with E-state index in [1.807, 2.05) is 0 Å². The van der Waals surface area contributed by atoms with Crippen molar-refractivity contribution < 1.29 is 45.2 Å². The first kappa shape index (κ1) is 25.2. The van der Waals surface area contributed by atoms with E-state index in [0.29, 0.717) is 6.26 Å². The van der Waals surface area contributed by atoms with Crippen molar-refractivity contribution in [1.29, 1.82) is 0 Å². The third-order valence-electron chi connectivity index (χ3n) is 0.211. The van der Waals surface area contributed by atoms with Crippen molar-refractivity contribution in [1.82, 2.24) is 0 Å². The summed E-state index contributed by atoms with van der Waals surface area (Å²) in [4.78, 5) is 0. The quantitative estimate of drug-likeness (QED) is 0.250. The SMILES string of the molecule is Br.COS(=O)(=O)O.CS(=O)(=O)O.OB(O)O. The van der Waals surface area contributed by atoms with Gasteiger partial charge < -0.3 is 15.1 Å². The van der Waals surface area contributed by atoms with E-state index in [-0.39, 0.29) is 17.0 Å². The number of hydrogen-bond acceptors (Lipinski definition) is 8. The van der Waals surface area contributed by atoms with Crippen LogP contribution in [0.2, 0.25) is 0 Å². The highest BCUT2D eigenvalue weighted by atomic mass is 79.9. The summed E-state index contributed by atoms with van der Waals surface area (Å²) in [7, 11) is -9.12. The molecule has 0 amide bonds. The Hall–Kier alpha value is 0.205. The minimum absolute atomic E-state index is 0. The molecule has 0 aliphatic heterocycles. The molecule has 0 saturated carbocycles. The van der Waals surface area contributed by atoms with Gasteiger partial charge in [-0.05, 0) is 0 Å². The molecule has 16 heavy (non-hydrogen) atoms. The molecule has 0 fully saturated rings. The zero-order valence-electron chi connectivity index (χ0n) is 8.08. The van der Waals surface area contributed by atoms with Crippen molar-refractivity contribution in [3.05, 3.63) is 0 Å². The Kier molecular flexibility index (Phi) is 18.4. The van der Waals surface area contributed by atoms with Crippen LogP contribution >= 0.6 is 17.0 Å². The second kappa shape index (κ2) is 11.7. The van der Waals surface area contributed by atoms with Gasteiger partial charge >= 0.3 is 17.7 Å². The fourth-order valence-electron chi connectivity index (χ4n) is 0. The van der Waals surface area contributed by atoms with Gasteiger partial charge in [0.1, 0.15) is 0 Å². The van der Waals surface area contributed by atoms with Crippen molar-refractivity contribution in [3.8, 4) is 0 Å². The maximum atomic E-state index is 9.33. The summed E-state index contributed by atoms with van der Waals surface area (Å²) in [5, 5.41) is 21.5. The topological polar surface area (TPSA) is 179 Å². The third kappa shape index (κ3) is 241. The van der Waals surface area contributed by atoms with E-state index in [0.717, 1.165) is 7.11 Å². The molecule has 0 spiro atoms. The monoisotopic (exact) mass is 350 g/mol. The van der Waals surface area contributed by atoms with Gasteiger partial charge in [-0.25, -0.2) is 0 Å². The van der Waals surface area contributed by atoms with Crippen molar-refractivity contribution in [2.75, 3.05) is 13.4 Å². The average Bonchev–Trinajstić information content (AvgIpc) is 1.80. The van der Waals surface area contributed by atoms with Gasteiger partial charge in [0.25, 0.3) is 10.1 Å². The van der Waals surface area contributed by atoms with Crippen LogP contribution in [0.1, 0.15) is 0 Å². The predicted molar refractivity (Wildman–Crippen MR) is 58.8 cm³/mol. The molecule has 0 bridgehead atoms. The molecule has 14 heteroatoms. The lowest BCUT2D eigenvalue weighted by Gasteiger charge is -1.82. The summed E-state index contributed by atoms with van der Waals surface area (Å²) >= 11 is 0. The summed E-state index contributed by atoms with van der Waals surface area (Å²) in [5.41, 5.74) is 0. The van der Waals surface area contributed by atoms with Gasteiger partial charge in [-0.3, -0.25) is 13.3 Å². The van der Waals surface area contributed by atoms with E-state index in [2.05, 4.69) is 4.18 Å². The highest BCUT2D eigenvalue weighted by Gasteiger charge is 1.94. The molecule has 0 unspecified atom stereocenters. The van der Waals surface area contributed by atoms with Crippen LogP contribution in [0.4, 0.5) is 0 Å². The van der Waals surface area contributed by atoms with Crippen LogP contribution in [0, 0.1) is 0 Å². The number of rotatable bonds is 1. The summed E-state index contributed by atoms with van der Waals surface area (Å²) in [6.45, 7) is 0. The van der Waals surface area contributed by atoms with E-state index < -0.39 is 27.8 Å². The Morgan fingerprint density at radius 3 is 1.06 bits per heavy atom. The smallest absolute Gasteiger partial charge is 0.402 e. The Morgan fingerprint density at radius 1 is 1.00 bits per heavy atom. The average molecular weight is 351 g/mol. The molecule has 0 rings (SSSR count). The van der Waals surface area contributed by atoms with Crippen molar-refractivity contribution in [2.45, 2.75) is 0 Å². The van der Waals surface area contributed by atoms with Crippen LogP contribution < -0.4 is 0 Å². The molecule has 0 atom stereocenters. The first-order valence-corrected chi connectivity index (χ1v) is 6.00. The van der Waals surface area contributed by atoms with Gasteiger partial charge in [0.15, 0.2) is 0 Å². The second-order valence-electron chi connectivity index (χ2n) is 1.67. The van der Waals surface area contributed by atoms with Gasteiger partial charge in [-0.2, -0.15) is 16.8 Å². The maximum Gasteiger partial charge on any atom is 0.631 e. The van der Waals surface area contributed by atoms with E-state index in [9.17, 15) is 16.8 Å². The van der Waals surface area contributed by atoms with Gasteiger partial charge in [0.2, 0.25) is 0 Å². The summed E-state index contributed by atoms with van der Waals surface area (Å²) < 4.78 is 55.6. The Labute approximate surface area is 104 Å². The standard InChI is InChI=1S/CH4O4S.CH4O3S.BH3O3.BrH/c1-5-6(2,3)4;1-5(2,3)4;2-1(3)4;/h1H3,(H,2,3,4);1H3,(H,2,3,4);2-4H;1H. The molecule has 0 aromatic rings. The Balaban J connectivity index is -0.0000000668. The third-order valence-corrected chi connectivity index (χ3v) is 0.632. The van der Waals surface area contributed by atoms with Crippen molar-refractivity contribution in [2.24, 2.45) is 0 Å². The summed E-state index contributed by atoms with van der Waals surface area (Å²) in [5.74, 6) is 0. The highest BCUT2D eigenvalue weighted by Crippen LogP contribution is 1.74. The van der Waals surface area contributed by atoms with Gasteiger partial charge in [0.05, 0.1) is 13.4 Å².